The van der Waals surface area contributed by atoms with Crippen molar-refractivity contribution in [2.24, 2.45) is 12.9 Å². The van der Waals surface area contributed by atoms with Crippen LogP contribution < -0.4 is 11.3 Å². The number of nitrogens with zero attached hydrogens (tertiary/aromatic N) is 3. The van der Waals surface area contributed by atoms with Crippen LogP contribution in [-0.2, 0) is 11.8 Å². The van der Waals surface area contributed by atoms with Gasteiger partial charge in [-0.3, -0.25) is 15.4 Å². The van der Waals surface area contributed by atoms with Gasteiger partial charge < -0.3 is 4.74 Å². The SMILES string of the molecule is Cn1ccc(C(NN)C2CN3CCCC3CO2)n1. The highest BCUT2D eigenvalue weighted by molar-refractivity contribution is 5.08. The van der Waals surface area contributed by atoms with Crippen LogP contribution in [0.2, 0.25) is 0 Å². The van der Waals surface area contributed by atoms with Crippen molar-refractivity contribution >= 4 is 0 Å². The average Bonchev–Trinajstić information content (AvgIpc) is 2.99. The van der Waals surface area contributed by atoms with E-state index in [1.807, 2.05) is 19.3 Å². The number of hydrogen-bond donors (Lipinski definition) is 2. The lowest BCUT2D eigenvalue weighted by atomic mass is 10.1. The Labute approximate surface area is 107 Å². The van der Waals surface area contributed by atoms with Crippen molar-refractivity contribution < 1.29 is 4.74 Å². The van der Waals surface area contributed by atoms with Crippen LogP contribution in [0.4, 0.5) is 0 Å². The number of morpholine rings is 1. The molecule has 2 aliphatic heterocycles. The van der Waals surface area contributed by atoms with E-state index in [1.165, 1.54) is 19.4 Å². The molecule has 0 bridgehead atoms. The van der Waals surface area contributed by atoms with Crippen LogP contribution in [0.1, 0.15) is 24.6 Å². The van der Waals surface area contributed by atoms with Gasteiger partial charge in [0.05, 0.1) is 24.4 Å². The molecule has 6 nitrogen and oxygen atoms in total. The molecule has 2 fully saturated rings. The molecule has 0 amide bonds. The second kappa shape index (κ2) is 4.97. The normalized spacial score (nSPS) is 30.3. The lowest BCUT2D eigenvalue weighted by molar-refractivity contribution is -0.0659. The summed E-state index contributed by atoms with van der Waals surface area (Å²) in [5.74, 6) is 5.68. The van der Waals surface area contributed by atoms with Gasteiger partial charge in [-0.15, -0.1) is 0 Å². The first-order valence-corrected chi connectivity index (χ1v) is 6.59. The van der Waals surface area contributed by atoms with Gasteiger partial charge in [0.15, 0.2) is 0 Å². The van der Waals surface area contributed by atoms with E-state index in [9.17, 15) is 0 Å². The lowest BCUT2D eigenvalue weighted by Gasteiger charge is -2.38. The molecule has 3 atom stereocenters. The van der Waals surface area contributed by atoms with E-state index in [0.29, 0.717) is 6.04 Å². The Kier molecular flexibility index (Phi) is 3.34. The van der Waals surface area contributed by atoms with Gasteiger partial charge in [0.2, 0.25) is 0 Å². The van der Waals surface area contributed by atoms with E-state index >= 15 is 0 Å². The maximum absolute atomic E-state index is 5.98. The number of nitrogens with one attached hydrogen (secondary N) is 1. The van der Waals surface area contributed by atoms with Crippen LogP contribution >= 0.6 is 0 Å². The monoisotopic (exact) mass is 251 g/mol. The Hall–Kier alpha value is -0.950. The molecule has 0 aliphatic carbocycles. The summed E-state index contributed by atoms with van der Waals surface area (Å²) in [5.41, 5.74) is 3.80. The topological polar surface area (TPSA) is 68.3 Å². The van der Waals surface area contributed by atoms with Crippen LogP contribution in [0.5, 0.6) is 0 Å². The largest absolute Gasteiger partial charge is 0.373 e. The second-order valence-corrected chi connectivity index (χ2v) is 5.22. The average molecular weight is 251 g/mol. The molecule has 3 N–H and O–H groups in total. The van der Waals surface area contributed by atoms with Crippen molar-refractivity contribution in [1.82, 2.24) is 20.1 Å². The van der Waals surface area contributed by atoms with Crippen LogP contribution in [0.3, 0.4) is 0 Å². The summed E-state index contributed by atoms with van der Waals surface area (Å²) >= 11 is 0. The van der Waals surface area contributed by atoms with Gasteiger partial charge in [-0.05, 0) is 25.5 Å². The van der Waals surface area contributed by atoms with Crippen molar-refractivity contribution in [3.8, 4) is 0 Å². The number of hydrazine groups is 1. The van der Waals surface area contributed by atoms with Crippen molar-refractivity contribution in [3.63, 3.8) is 0 Å². The van der Waals surface area contributed by atoms with Gasteiger partial charge in [-0.2, -0.15) is 5.10 Å². The Morgan fingerprint density at radius 3 is 3.22 bits per heavy atom. The molecule has 2 saturated heterocycles. The number of ether oxygens (including phenoxy) is 1. The predicted octanol–water partition coefficient (Wildman–Crippen LogP) is -0.212. The zero-order valence-corrected chi connectivity index (χ0v) is 10.7. The van der Waals surface area contributed by atoms with Gasteiger partial charge in [0.1, 0.15) is 0 Å². The summed E-state index contributed by atoms with van der Waals surface area (Å²) in [6.07, 6.45) is 4.56. The summed E-state index contributed by atoms with van der Waals surface area (Å²) < 4.78 is 7.77. The van der Waals surface area contributed by atoms with E-state index in [0.717, 1.165) is 18.8 Å². The van der Waals surface area contributed by atoms with Gasteiger partial charge >= 0.3 is 0 Å². The Morgan fingerprint density at radius 1 is 1.61 bits per heavy atom. The van der Waals surface area contributed by atoms with E-state index < -0.39 is 0 Å². The quantitative estimate of drug-likeness (QED) is 0.574. The summed E-state index contributed by atoms with van der Waals surface area (Å²) in [6, 6.07) is 2.57. The minimum Gasteiger partial charge on any atom is -0.373 e. The molecule has 18 heavy (non-hydrogen) atoms. The Bertz CT molecular complexity index is 407. The zero-order valence-electron chi connectivity index (χ0n) is 10.7. The molecular formula is C12H21N5O. The smallest absolute Gasteiger partial charge is 0.0926 e. The summed E-state index contributed by atoms with van der Waals surface area (Å²) in [5, 5.41) is 4.42. The minimum atomic E-state index is -0.0345. The number of aryl methyl sites for hydroxylation is 1. The molecule has 1 aromatic rings. The van der Waals surface area contributed by atoms with Crippen molar-refractivity contribution in [3.05, 3.63) is 18.0 Å². The Morgan fingerprint density at radius 2 is 2.50 bits per heavy atom. The molecule has 0 aromatic carbocycles. The number of nitrogens with two attached hydrogens (primary N) is 1. The van der Waals surface area contributed by atoms with Gasteiger partial charge in [-0.25, -0.2) is 5.43 Å². The van der Waals surface area contributed by atoms with Gasteiger partial charge in [0, 0.05) is 25.8 Å². The molecular weight excluding hydrogens is 230 g/mol. The highest BCUT2D eigenvalue weighted by Crippen LogP contribution is 2.27. The van der Waals surface area contributed by atoms with Crippen molar-refractivity contribution in [2.45, 2.75) is 31.0 Å². The standard InChI is InChI=1S/C12H21N5O/c1-16-6-4-10(15-16)12(14-13)11-7-17-5-2-3-9(17)8-18-11/h4,6,9,11-12,14H,2-3,5,7-8,13H2,1H3. The number of rotatable bonds is 3. The first kappa shape index (κ1) is 12.1. The third-order valence-electron chi connectivity index (χ3n) is 4.02. The lowest BCUT2D eigenvalue weighted by Crippen LogP contribution is -2.51. The molecule has 0 spiro atoms. The fraction of sp³-hybridized carbons (Fsp3) is 0.750. The van der Waals surface area contributed by atoms with Crippen LogP contribution in [0.25, 0.3) is 0 Å². The molecule has 0 radical (unpaired) electrons. The van der Waals surface area contributed by atoms with Crippen LogP contribution in [0.15, 0.2) is 12.3 Å². The number of aromatic nitrogens is 2. The van der Waals surface area contributed by atoms with Gasteiger partial charge in [0.25, 0.3) is 0 Å². The second-order valence-electron chi connectivity index (χ2n) is 5.22. The Balaban J connectivity index is 1.72. The minimum absolute atomic E-state index is 0.0345. The third kappa shape index (κ3) is 2.16. The fourth-order valence-electron chi connectivity index (χ4n) is 3.03. The number of fused-ring (bicyclic) bond motifs is 1. The van der Waals surface area contributed by atoms with Crippen molar-refractivity contribution in [2.75, 3.05) is 19.7 Å². The molecule has 3 rings (SSSR count). The highest BCUT2D eigenvalue weighted by atomic mass is 16.5. The van der Waals surface area contributed by atoms with Crippen LogP contribution in [0, 0.1) is 0 Å². The van der Waals surface area contributed by atoms with E-state index in [2.05, 4.69) is 15.4 Å². The summed E-state index contributed by atoms with van der Waals surface area (Å²) in [4.78, 5) is 2.52. The van der Waals surface area contributed by atoms with Gasteiger partial charge in [-0.1, -0.05) is 0 Å². The maximum Gasteiger partial charge on any atom is 0.0926 e. The van der Waals surface area contributed by atoms with E-state index in [1.54, 1.807) is 4.68 Å². The third-order valence-corrected chi connectivity index (χ3v) is 4.02. The molecule has 2 aliphatic rings. The molecule has 3 heterocycles. The van der Waals surface area contributed by atoms with E-state index in [4.69, 9.17) is 10.6 Å². The maximum atomic E-state index is 5.98. The van der Waals surface area contributed by atoms with Crippen molar-refractivity contribution in [1.29, 1.82) is 0 Å². The highest BCUT2D eigenvalue weighted by Gasteiger charge is 2.36. The van der Waals surface area contributed by atoms with E-state index in [-0.39, 0.29) is 12.1 Å². The molecule has 1 aromatic heterocycles. The summed E-state index contributed by atoms with van der Waals surface area (Å²) in [6.45, 7) is 2.94. The molecule has 3 unspecified atom stereocenters. The predicted molar refractivity (Wildman–Crippen MR) is 67.6 cm³/mol. The van der Waals surface area contributed by atoms with Crippen LogP contribution in [-0.4, -0.2) is 46.5 Å². The zero-order chi connectivity index (χ0) is 12.5. The summed E-state index contributed by atoms with van der Waals surface area (Å²) in [7, 11) is 1.91. The first-order chi connectivity index (χ1) is 8.78. The first-order valence-electron chi connectivity index (χ1n) is 6.59. The molecule has 100 valence electrons. The number of hydrogen-bond acceptors (Lipinski definition) is 5. The fourth-order valence-corrected chi connectivity index (χ4v) is 3.03. The molecule has 6 heteroatoms. The molecule has 0 saturated carbocycles.